The number of nitrogen functional groups attached to an aromatic ring is 1. The van der Waals surface area contributed by atoms with Gasteiger partial charge in [0.25, 0.3) is 5.91 Å². The Bertz CT molecular complexity index is 685. The van der Waals surface area contributed by atoms with Crippen LogP contribution in [0.1, 0.15) is 16.1 Å². The molecule has 102 valence electrons. The molecule has 0 radical (unpaired) electrons. The molecule has 0 fully saturated rings. The van der Waals surface area contributed by atoms with Crippen molar-refractivity contribution in [3.63, 3.8) is 0 Å². The van der Waals surface area contributed by atoms with Crippen LogP contribution in [-0.4, -0.2) is 17.7 Å². The van der Waals surface area contributed by atoms with Crippen LogP contribution in [0, 0.1) is 6.92 Å². The summed E-state index contributed by atoms with van der Waals surface area (Å²) in [7, 11) is 0. The van der Waals surface area contributed by atoms with Crippen LogP contribution < -0.4 is 20.5 Å². The third kappa shape index (κ3) is 2.23. The van der Waals surface area contributed by atoms with Gasteiger partial charge in [-0.1, -0.05) is 0 Å². The highest BCUT2D eigenvalue weighted by Gasteiger charge is 2.15. The second-order valence-electron chi connectivity index (χ2n) is 4.42. The van der Waals surface area contributed by atoms with Crippen molar-refractivity contribution in [3.05, 3.63) is 41.7 Å². The largest absolute Gasteiger partial charge is 0.454 e. The molecule has 6 nitrogen and oxygen atoms in total. The van der Waals surface area contributed by atoms with Crippen molar-refractivity contribution >= 4 is 17.3 Å². The van der Waals surface area contributed by atoms with Crippen LogP contribution in [0.25, 0.3) is 0 Å². The fraction of sp³-hybridized carbons (Fsp3) is 0.143. The molecule has 6 heteroatoms. The van der Waals surface area contributed by atoms with E-state index in [1.54, 1.807) is 31.2 Å². The molecule has 0 aliphatic carbocycles. The van der Waals surface area contributed by atoms with E-state index in [9.17, 15) is 4.79 Å². The first kappa shape index (κ1) is 12.3. The minimum absolute atomic E-state index is 0.199. The maximum absolute atomic E-state index is 12.2. The molecule has 1 aliphatic heterocycles. The van der Waals surface area contributed by atoms with Gasteiger partial charge in [-0.05, 0) is 25.1 Å². The second kappa shape index (κ2) is 4.73. The predicted octanol–water partition coefficient (Wildman–Crippen LogP) is 1.95. The Labute approximate surface area is 115 Å². The van der Waals surface area contributed by atoms with Gasteiger partial charge in [-0.25, -0.2) is 0 Å². The molecule has 3 N–H and O–H groups in total. The van der Waals surface area contributed by atoms with E-state index in [1.807, 2.05) is 0 Å². The normalized spacial score (nSPS) is 12.2. The minimum Gasteiger partial charge on any atom is -0.454 e. The number of benzene rings is 1. The molecule has 2 heterocycles. The van der Waals surface area contributed by atoms with Crippen molar-refractivity contribution in [1.29, 1.82) is 0 Å². The van der Waals surface area contributed by atoms with Gasteiger partial charge < -0.3 is 20.5 Å². The van der Waals surface area contributed by atoms with Gasteiger partial charge in [0, 0.05) is 11.8 Å². The zero-order chi connectivity index (χ0) is 14.1. The highest BCUT2D eigenvalue weighted by molar-refractivity contribution is 6.05. The summed E-state index contributed by atoms with van der Waals surface area (Å²) in [6.07, 6.45) is 1.52. The fourth-order valence-corrected chi connectivity index (χ4v) is 1.95. The highest BCUT2D eigenvalue weighted by atomic mass is 16.7. The summed E-state index contributed by atoms with van der Waals surface area (Å²) < 4.78 is 10.5. The molecule has 1 aromatic heterocycles. The molecule has 0 saturated heterocycles. The lowest BCUT2D eigenvalue weighted by Crippen LogP contribution is -2.14. The Morgan fingerprint density at radius 3 is 2.95 bits per heavy atom. The van der Waals surface area contributed by atoms with Crippen LogP contribution in [0.3, 0.4) is 0 Å². The topological polar surface area (TPSA) is 86.5 Å². The number of carbonyl (C=O) groups excluding carboxylic acids is 1. The van der Waals surface area contributed by atoms with Gasteiger partial charge in [0.15, 0.2) is 11.5 Å². The summed E-state index contributed by atoms with van der Waals surface area (Å²) in [5.41, 5.74) is 7.80. The summed E-state index contributed by atoms with van der Waals surface area (Å²) in [5.74, 6) is 1.02. The van der Waals surface area contributed by atoms with Crippen LogP contribution in [0.5, 0.6) is 11.5 Å². The lowest BCUT2D eigenvalue weighted by molar-refractivity contribution is 0.102. The van der Waals surface area contributed by atoms with Gasteiger partial charge in [-0.3, -0.25) is 9.78 Å². The van der Waals surface area contributed by atoms with Gasteiger partial charge in [0.2, 0.25) is 6.79 Å². The molecule has 20 heavy (non-hydrogen) atoms. The number of nitrogens with zero attached hydrogens (tertiary/aromatic N) is 1. The Hall–Kier alpha value is -2.76. The maximum Gasteiger partial charge on any atom is 0.257 e. The summed E-state index contributed by atoms with van der Waals surface area (Å²) in [6.45, 7) is 1.96. The van der Waals surface area contributed by atoms with E-state index in [4.69, 9.17) is 15.2 Å². The molecule has 1 amide bonds. The van der Waals surface area contributed by atoms with Gasteiger partial charge in [-0.15, -0.1) is 0 Å². The SMILES string of the molecule is Cc1ncc(N)cc1C(=O)Nc1ccc2c(c1)OCO2. The van der Waals surface area contributed by atoms with Crippen molar-refractivity contribution in [3.8, 4) is 11.5 Å². The van der Waals surface area contributed by atoms with E-state index in [2.05, 4.69) is 10.3 Å². The van der Waals surface area contributed by atoms with Crippen molar-refractivity contribution < 1.29 is 14.3 Å². The van der Waals surface area contributed by atoms with E-state index >= 15 is 0 Å². The Morgan fingerprint density at radius 2 is 2.10 bits per heavy atom. The average Bonchev–Trinajstić information content (AvgIpc) is 2.89. The first-order valence-corrected chi connectivity index (χ1v) is 6.06. The van der Waals surface area contributed by atoms with E-state index in [1.165, 1.54) is 6.20 Å². The van der Waals surface area contributed by atoms with Crippen molar-refractivity contribution in [2.24, 2.45) is 0 Å². The van der Waals surface area contributed by atoms with E-state index < -0.39 is 0 Å². The number of nitrogens with two attached hydrogens (primary N) is 1. The fourth-order valence-electron chi connectivity index (χ4n) is 1.95. The molecule has 0 unspecified atom stereocenters. The molecule has 3 rings (SSSR count). The Morgan fingerprint density at radius 1 is 1.30 bits per heavy atom. The zero-order valence-electron chi connectivity index (χ0n) is 10.8. The lowest BCUT2D eigenvalue weighted by atomic mass is 10.1. The maximum atomic E-state index is 12.2. The van der Waals surface area contributed by atoms with E-state index in [0.29, 0.717) is 34.1 Å². The Kier molecular flexibility index (Phi) is 2.90. The van der Waals surface area contributed by atoms with Crippen LogP contribution in [-0.2, 0) is 0 Å². The zero-order valence-corrected chi connectivity index (χ0v) is 10.8. The Balaban J connectivity index is 1.84. The first-order chi connectivity index (χ1) is 9.63. The monoisotopic (exact) mass is 271 g/mol. The smallest absolute Gasteiger partial charge is 0.257 e. The average molecular weight is 271 g/mol. The third-order valence-electron chi connectivity index (χ3n) is 2.98. The number of aryl methyl sites for hydroxylation is 1. The quantitative estimate of drug-likeness (QED) is 0.871. The van der Waals surface area contributed by atoms with Crippen LogP contribution >= 0.6 is 0 Å². The van der Waals surface area contributed by atoms with E-state index in [0.717, 1.165) is 0 Å². The van der Waals surface area contributed by atoms with Crippen LogP contribution in [0.2, 0.25) is 0 Å². The van der Waals surface area contributed by atoms with Gasteiger partial charge >= 0.3 is 0 Å². The molecule has 1 aromatic carbocycles. The number of hydrogen-bond acceptors (Lipinski definition) is 5. The molecule has 0 saturated carbocycles. The number of ether oxygens (including phenoxy) is 2. The standard InChI is InChI=1S/C14H13N3O3/c1-8-11(4-9(15)6-16-8)14(18)17-10-2-3-12-13(5-10)20-7-19-12/h2-6H,7,15H2,1H3,(H,17,18). The van der Waals surface area contributed by atoms with Crippen molar-refractivity contribution in [2.75, 3.05) is 17.8 Å². The van der Waals surface area contributed by atoms with Gasteiger partial charge in [0.05, 0.1) is 23.1 Å². The first-order valence-electron chi connectivity index (χ1n) is 6.06. The van der Waals surface area contributed by atoms with Gasteiger partial charge in [-0.2, -0.15) is 0 Å². The molecule has 0 atom stereocenters. The summed E-state index contributed by atoms with van der Waals surface area (Å²) in [4.78, 5) is 16.3. The van der Waals surface area contributed by atoms with Gasteiger partial charge in [0.1, 0.15) is 0 Å². The molecule has 1 aliphatic rings. The number of hydrogen-bond donors (Lipinski definition) is 2. The number of fused-ring (bicyclic) bond motifs is 1. The van der Waals surface area contributed by atoms with E-state index in [-0.39, 0.29) is 12.7 Å². The number of amides is 1. The number of pyridine rings is 1. The molecule has 0 spiro atoms. The minimum atomic E-state index is -0.263. The summed E-state index contributed by atoms with van der Waals surface area (Å²) in [5, 5.41) is 2.79. The highest BCUT2D eigenvalue weighted by Crippen LogP contribution is 2.34. The number of rotatable bonds is 2. The number of anilines is 2. The van der Waals surface area contributed by atoms with Crippen LogP contribution in [0.15, 0.2) is 30.5 Å². The molecule has 2 aromatic rings. The number of aromatic nitrogens is 1. The second-order valence-corrected chi connectivity index (χ2v) is 4.42. The van der Waals surface area contributed by atoms with Crippen molar-refractivity contribution in [2.45, 2.75) is 6.92 Å². The molecular formula is C14H13N3O3. The number of nitrogens with one attached hydrogen (secondary N) is 1. The molecular weight excluding hydrogens is 258 g/mol. The molecule has 0 bridgehead atoms. The number of carbonyl (C=O) groups is 1. The third-order valence-corrected chi connectivity index (χ3v) is 2.98. The van der Waals surface area contributed by atoms with Crippen molar-refractivity contribution in [1.82, 2.24) is 4.98 Å². The predicted molar refractivity (Wildman–Crippen MR) is 73.9 cm³/mol. The summed E-state index contributed by atoms with van der Waals surface area (Å²) >= 11 is 0. The summed E-state index contributed by atoms with van der Waals surface area (Å²) in [6, 6.07) is 6.82. The lowest BCUT2D eigenvalue weighted by Gasteiger charge is -2.08. The van der Waals surface area contributed by atoms with Crippen LogP contribution in [0.4, 0.5) is 11.4 Å².